The Balaban J connectivity index is 1.72. The standard InChI is InChI=1S/C24H23N3OS/c1-16-6-4-7-19(12-16)13-22(28)27(15-20-8-5-11-25-14-20)24-26-23-18(3)17(2)9-10-21(23)29-24/h4-12,14H,13,15H2,1-3H3. The number of amides is 1. The molecule has 5 heteroatoms. The van der Waals surface area contributed by atoms with Crippen LogP contribution in [0.4, 0.5) is 5.13 Å². The molecular weight excluding hydrogens is 378 g/mol. The minimum Gasteiger partial charge on any atom is -0.283 e. The molecule has 2 heterocycles. The number of nitrogens with zero attached hydrogens (tertiary/aromatic N) is 3. The smallest absolute Gasteiger partial charge is 0.233 e. The molecule has 0 aliphatic carbocycles. The van der Waals surface area contributed by atoms with Crippen LogP contribution < -0.4 is 4.90 Å². The number of hydrogen-bond donors (Lipinski definition) is 0. The van der Waals surface area contributed by atoms with Crippen LogP contribution in [-0.2, 0) is 17.8 Å². The van der Waals surface area contributed by atoms with Gasteiger partial charge >= 0.3 is 0 Å². The van der Waals surface area contributed by atoms with Crippen LogP contribution in [0.3, 0.4) is 0 Å². The number of thiazole rings is 1. The lowest BCUT2D eigenvalue weighted by Gasteiger charge is -2.20. The molecule has 0 unspecified atom stereocenters. The molecule has 0 saturated heterocycles. The predicted molar refractivity (Wildman–Crippen MR) is 119 cm³/mol. The van der Waals surface area contributed by atoms with Gasteiger partial charge in [0.15, 0.2) is 5.13 Å². The van der Waals surface area contributed by atoms with E-state index in [0.29, 0.717) is 13.0 Å². The number of fused-ring (bicyclic) bond motifs is 1. The van der Waals surface area contributed by atoms with Crippen LogP contribution in [0.2, 0.25) is 0 Å². The summed E-state index contributed by atoms with van der Waals surface area (Å²) in [4.78, 5) is 24.2. The summed E-state index contributed by atoms with van der Waals surface area (Å²) < 4.78 is 1.10. The second-order valence-corrected chi connectivity index (χ2v) is 8.37. The average Bonchev–Trinajstić information content (AvgIpc) is 3.14. The number of carbonyl (C=O) groups is 1. The number of hydrogen-bond acceptors (Lipinski definition) is 4. The Hall–Kier alpha value is -3.05. The maximum Gasteiger partial charge on any atom is 0.233 e. The van der Waals surface area contributed by atoms with Crippen LogP contribution in [0.1, 0.15) is 27.8 Å². The van der Waals surface area contributed by atoms with Crippen molar-refractivity contribution in [1.29, 1.82) is 0 Å². The van der Waals surface area contributed by atoms with E-state index in [1.807, 2.05) is 37.3 Å². The first-order valence-electron chi connectivity index (χ1n) is 9.63. The second kappa shape index (κ2) is 8.13. The van der Waals surface area contributed by atoms with Gasteiger partial charge in [-0.25, -0.2) is 4.98 Å². The van der Waals surface area contributed by atoms with E-state index in [9.17, 15) is 4.79 Å². The topological polar surface area (TPSA) is 46.1 Å². The molecular formula is C24H23N3OS. The molecule has 4 aromatic rings. The minimum absolute atomic E-state index is 0.0351. The number of carbonyl (C=O) groups excluding carboxylic acids is 1. The molecule has 4 rings (SSSR count). The number of rotatable bonds is 5. The number of aromatic nitrogens is 2. The molecule has 0 spiro atoms. The fraction of sp³-hybridized carbons (Fsp3) is 0.208. The van der Waals surface area contributed by atoms with Crippen LogP contribution in [0.5, 0.6) is 0 Å². The molecule has 2 aromatic carbocycles. The van der Waals surface area contributed by atoms with Crippen LogP contribution in [0, 0.1) is 20.8 Å². The van der Waals surface area contributed by atoms with Crippen molar-refractivity contribution >= 4 is 32.6 Å². The highest BCUT2D eigenvalue weighted by atomic mass is 32.1. The van der Waals surface area contributed by atoms with Gasteiger partial charge in [0.2, 0.25) is 5.91 Å². The third kappa shape index (κ3) is 4.20. The molecule has 0 saturated carbocycles. The van der Waals surface area contributed by atoms with E-state index in [1.165, 1.54) is 5.56 Å². The normalized spacial score (nSPS) is 11.0. The Kier molecular flexibility index (Phi) is 5.41. The number of benzene rings is 2. The van der Waals surface area contributed by atoms with Crippen LogP contribution in [0.15, 0.2) is 60.9 Å². The van der Waals surface area contributed by atoms with E-state index in [0.717, 1.165) is 37.6 Å². The van der Waals surface area contributed by atoms with Gasteiger partial charge in [-0.15, -0.1) is 0 Å². The van der Waals surface area contributed by atoms with E-state index in [1.54, 1.807) is 28.6 Å². The molecule has 0 aliphatic rings. The first kappa shape index (κ1) is 19.3. The summed E-state index contributed by atoms with van der Waals surface area (Å²) in [5.41, 5.74) is 6.50. The van der Waals surface area contributed by atoms with Crippen molar-refractivity contribution in [2.75, 3.05) is 4.90 Å². The summed E-state index contributed by atoms with van der Waals surface area (Å²) >= 11 is 1.56. The van der Waals surface area contributed by atoms with Gasteiger partial charge in [-0.05, 0) is 55.2 Å². The van der Waals surface area contributed by atoms with E-state index in [4.69, 9.17) is 4.98 Å². The lowest BCUT2D eigenvalue weighted by molar-refractivity contribution is -0.118. The Labute approximate surface area is 174 Å². The number of anilines is 1. The third-order valence-electron chi connectivity index (χ3n) is 5.11. The van der Waals surface area contributed by atoms with Crippen LogP contribution in [-0.4, -0.2) is 15.9 Å². The maximum absolute atomic E-state index is 13.3. The van der Waals surface area contributed by atoms with Crippen molar-refractivity contribution in [3.63, 3.8) is 0 Å². The van der Waals surface area contributed by atoms with Gasteiger partial charge in [0.25, 0.3) is 0 Å². The fourth-order valence-corrected chi connectivity index (χ4v) is 4.40. The van der Waals surface area contributed by atoms with E-state index >= 15 is 0 Å². The molecule has 0 radical (unpaired) electrons. The zero-order valence-corrected chi connectivity index (χ0v) is 17.7. The van der Waals surface area contributed by atoms with Gasteiger partial charge in [-0.3, -0.25) is 14.7 Å². The zero-order valence-electron chi connectivity index (χ0n) is 16.8. The highest BCUT2D eigenvalue weighted by Crippen LogP contribution is 2.33. The van der Waals surface area contributed by atoms with Crippen molar-refractivity contribution in [2.24, 2.45) is 0 Å². The van der Waals surface area contributed by atoms with Gasteiger partial charge in [-0.2, -0.15) is 0 Å². The Bertz CT molecular complexity index is 1170. The van der Waals surface area contributed by atoms with Crippen molar-refractivity contribution in [2.45, 2.75) is 33.7 Å². The average molecular weight is 402 g/mol. The Morgan fingerprint density at radius 1 is 1.03 bits per heavy atom. The van der Waals surface area contributed by atoms with Crippen molar-refractivity contribution < 1.29 is 4.79 Å². The van der Waals surface area contributed by atoms with Gasteiger partial charge in [0.05, 0.1) is 23.2 Å². The Morgan fingerprint density at radius 3 is 2.62 bits per heavy atom. The monoisotopic (exact) mass is 401 g/mol. The number of aryl methyl sites for hydroxylation is 3. The molecule has 0 fully saturated rings. The van der Waals surface area contributed by atoms with Gasteiger partial charge in [0.1, 0.15) is 0 Å². The molecule has 4 nitrogen and oxygen atoms in total. The molecule has 0 N–H and O–H groups in total. The number of pyridine rings is 1. The SMILES string of the molecule is Cc1cccc(CC(=O)N(Cc2cccnc2)c2nc3c(C)c(C)ccc3s2)c1. The van der Waals surface area contributed by atoms with E-state index in [2.05, 4.69) is 37.0 Å². The molecule has 0 bridgehead atoms. The van der Waals surface area contributed by atoms with Gasteiger partial charge in [0, 0.05) is 12.4 Å². The van der Waals surface area contributed by atoms with Crippen molar-refractivity contribution in [3.8, 4) is 0 Å². The van der Waals surface area contributed by atoms with Gasteiger partial charge < -0.3 is 0 Å². The summed E-state index contributed by atoms with van der Waals surface area (Å²) in [6, 6.07) is 16.2. The third-order valence-corrected chi connectivity index (χ3v) is 6.15. The van der Waals surface area contributed by atoms with E-state index < -0.39 is 0 Å². The van der Waals surface area contributed by atoms with Crippen LogP contribution >= 0.6 is 11.3 Å². The van der Waals surface area contributed by atoms with Crippen molar-refractivity contribution in [3.05, 3.63) is 88.7 Å². The molecule has 29 heavy (non-hydrogen) atoms. The molecule has 2 aromatic heterocycles. The lowest BCUT2D eigenvalue weighted by atomic mass is 10.1. The summed E-state index contributed by atoms with van der Waals surface area (Å²) in [7, 11) is 0. The first-order chi connectivity index (χ1) is 14.0. The second-order valence-electron chi connectivity index (χ2n) is 7.36. The van der Waals surface area contributed by atoms with Crippen LogP contribution in [0.25, 0.3) is 10.2 Å². The largest absolute Gasteiger partial charge is 0.283 e. The molecule has 146 valence electrons. The maximum atomic E-state index is 13.3. The highest BCUT2D eigenvalue weighted by Gasteiger charge is 2.21. The zero-order chi connectivity index (χ0) is 20.4. The summed E-state index contributed by atoms with van der Waals surface area (Å²) in [5.74, 6) is 0.0351. The van der Waals surface area contributed by atoms with Gasteiger partial charge in [-0.1, -0.05) is 53.3 Å². The highest BCUT2D eigenvalue weighted by molar-refractivity contribution is 7.22. The minimum atomic E-state index is 0.0351. The summed E-state index contributed by atoms with van der Waals surface area (Å²) in [6.07, 6.45) is 3.89. The quantitative estimate of drug-likeness (QED) is 0.450. The predicted octanol–water partition coefficient (Wildman–Crippen LogP) is 5.39. The first-order valence-corrected chi connectivity index (χ1v) is 10.4. The molecule has 0 aliphatic heterocycles. The Morgan fingerprint density at radius 2 is 1.86 bits per heavy atom. The molecule has 0 atom stereocenters. The molecule has 1 amide bonds. The summed E-state index contributed by atoms with van der Waals surface area (Å²) in [5, 5.41) is 0.732. The van der Waals surface area contributed by atoms with Crippen molar-refractivity contribution in [1.82, 2.24) is 9.97 Å². The summed E-state index contributed by atoms with van der Waals surface area (Å²) in [6.45, 7) is 6.67. The van der Waals surface area contributed by atoms with E-state index in [-0.39, 0.29) is 5.91 Å². The lowest BCUT2D eigenvalue weighted by Crippen LogP contribution is -2.31. The fourth-order valence-electron chi connectivity index (χ4n) is 3.36.